The van der Waals surface area contributed by atoms with Crippen molar-refractivity contribution in [3.8, 4) is 0 Å². The molecule has 0 unspecified atom stereocenters. The van der Waals surface area contributed by atoms with Crippen LogP contribution in [0.3, 0.4) is 0 Å². The predicted octanol–water partition coefficient (Wildman–Crippen LogP) is 0.569. The van der Waals surface area contributed by atoms with Crippen molar-refractivity contribution in [3.05, 3.63) is 27.9 Å². The second-order valence-electron chi connectivity index (χ2n) is 5.39. The number of H-pyrrole nitrogens is 1. The highest BCUT2D eigenvalue weighted by molar-refractivity contribution is 5.81. The zero-order valence-electron chi connectivity index (χ0n) is 12.1. The van der Waals surface area contributed by atoms with Gasteiger partial charge < -0.3 is 10.3 Å². The van der Waals surface area contributed by atoms with Gasteiger partial charge in [0.2, 0.25) is 5.91 Å². The summed E-state index contributed by atoms with van der Waals surface area (Å²) in [6.45, 7) is 2.99. The molecule has 2 heterocycles. The number of carbonyl (C=O) groups excluding carboxylic acids is 1. The molecule has 1 amide bonds. The van der Waals surface area contributed by atoms with E-state index in [9.17, 15) is 9.59 Å². The Bertz CT molecular complexity index is 526. The van der Waals surface area contributed by atoms with Gasteiger partial charge in [-0.3, -0.25) is 14.5 Å². The fourth-order valence-corrected chi connectivity index (χ4v) is 2.61. The van der Waals surface area contributed by atoms with Crippen LogP contribution in [0, 0.1) is 6.92 Å². The average Bonchev–Trinajstić information content (AvgIpc) is 2.59. The molecule has 0 aromatic carbocycles. The first-order valence-corrected chi connectivity index (χ1v) is 7.11. The Kier molecular flexibility index (Phi) is 4.89. The predicted molar refractivity (Wildman–Crippen MR) is 76.3 cm³/mol. The van der Waals surface area contributed by atoms with Crippen molar-refractivity contribution in [1.82, 2.24) is 20.2 Å². The molecule has 2 rings (SSSR count). The van der Waals surface area contributed by atoms with Crippen molar-refractivity contribution < 1.29 is 4.79 Å². The molecule has 1 aliphatic rings. The molecule has 0 bridgehead atoms. The standard InChI is InChI=1S/C14H22N4O2/c1-10-16-11(8-13(19)17-10)9-15-14(20)12-6-4-3-5-7-18(12)2/h8,12H,3-7,9H2,1-2H3,(H,15,20)(H,16,17,19)/t12-/m0/s1. The highest BCUT2D eigenvalue weighted by Gasteiger charge is 2.24. The number of nitrogens with zero attached hydrogens (tertiary/aromatic N) is 2. The van der Waals surface area contributed by atoms with Crippen LogP contribution in [0.1, 0.15) is 37.2 Å². The molecule has 1 aliphatic heterocycles. The first kappa shape index (κ1) is 14.7. The van der Waals surface area contributed by atoms with Gasteiger partial charge in [-0.05, 0) is 33.4 Å². The lowest BCUT2D eigenvalue weighted by Gasteiger charge is -2.24. The van der Waals surface area contributed by atoms with E-state index in [4.69, 9.17) is 0 Å². The van der Waals surface area contributed by atoms with Crippen molar-refractivity contribution in [2.24, 2.45) is 0 Å². The number of likely N-dealkylation sites (tertiary alicyclic amines) is 1. The van der Waals surface area contributed by atoms with Crippen molar-refractivity contribution in [1.29, 1.82) is 0 Å². The van der Waals surface area contributed by atoms with Crippen LogP contribution >= 0.6 is 0 Å². The van der Waals surface area contributed by atoms with E-state index in [1.807, 2.05) is 7.05 Å². The Balaban J connectivity index is 1.95. The summed E-state index contributed by atoms with van der Waals surface area (Å²) in [4.78, 5) is 32.5. The van der Waals surface area contributed by atoms with Crippen LogP contribution < -0.4 is 10.9 Å². The fourth-order valence-electron chi connectivity index (χ4n) is 2.61. The van der Waals surface area contributed by atoms with Gasteiger partial charge in [0, 0.05) is 6.07 Å². The number of likely N-dealkylation sites (N-methyl/N-ethyl adjacent to an activating group) is 1. The Morgan fingerprint density at radius 1 is 1.50 bits per heavy atom. The third kappa shape index (κ3) is 3.90. The van der Waals surface area contributed by atoms with Gasteiger partial charge in [0.25, 0.3) is 5.56 Å². The summed E-state index contributed by atoms with van der Waals surface area (Å²) in [6, 6.07) is 1.35. The van der Waals surface area contributed by atoms with E-state index >= 15 is 0 Å². The lowest BCUT2D eigenvalue weighted by Crippen LogP contribution is -2.44. The summed E-state index contributed by atoms with van der Waals surface area (Å²) in [5.74, 6) is 0.586. The number of nitrogens with one attached hydrogen (secondary N) is 2. The molecule has 1 fully saturated rings. The van der Waals surface area contributed by atoms with E-state index in [1.165, 1.54) is 12.5 Å². The molecule has 20 heavy (non-hydrogen) atoms. The lowest BCUT2D eigenvalue weighted by molar-refractivity contribution is -0.126. The molecule has 0 aliphatic carbocycles. The quantitative estimate of drug-likeness (QED) is 0.847. The topological polar surface area (TPSA) is 78.1 Å². The van der Waals surface area contributed by atoms with Crippen molar-refractivity contribution in [2.75, 3.05) is 13.6 Å². The zero-order chi connectivity index (χ0) is 14.5. The maximum Gasteiger partial charge on any atom is 0.251 e. The summed E-state index contributed by atoms with van der Waals surface area (Å²) in [5.41, 5.74) is 0.407. The normalized spacial score (nSPS) is 20.4. The van der Waals surface area contributed by atoms with Crippen LogP contribution in [0.5, 0.6) is 0 Å². The number of amides is 1. The summed E-state index contributed by atoms with van der Waals surface area (Å²) >= 11 is 0. The van der Waals surface area contributed by atoms with Gasteiger partial charge in [-0.15, -0.1) is 0 Å². The first-order chi connectivity index (χ1) is 9.56. The molecule has 1 saturated heterocycles. The molecule has 1 aromatic heterocycles. The van der Waals surface area contributed by atoms with E-state index < -0.39 is 0 Å². The second kappa shape index (κ2) is 6.65. The summed E-state index contributed by atoms with van der Waals surface area (Å²) in [7, 11) is 1.99. The van der Waals surface area contributed by atoms with Crippen molar-refractivity contribution >= 4 is 5.91 Å². The minimum atomic E-state index is -0.187. The van der Waals surface area contributed by atoms with E-state index in [0.717, 1.165) is 25.8 Å². The Labute approximate surface area is 118 Å². The molecule has 110 valence electrons. The smallest absolute Gasteiger partial charge is 0.251 e. The first-order valence-electron chi connectivity index (χ1n) is 7.11. The molecule has 1 atom stereocenters. The second-order valence-corrected chi connectivity index (χ2v) is 5.39. The van der Waals surface area contributed by atoms with Gasteiger partial charge in [-0.2, -0.15) is 0 Å². The zero-order valence-corrected chi connectivity index (χ0v) is 12.1. The third-order valence-electron chi connectivity index (χ3n) is 3.68. The highest BCUT2D eigenvalue weighted by atomic mass is 16.2. The maximum absolute atomic E-state index is 12.2. The summed E-state index contributed by atoms with van der Waals surface area (Å²) in [6.07, 6.45) is 4.31. The molecular weight excluding hydrogens is 256 g/mol. The molecular formula is C14H22N4O2. The van der Waals surface area contributed by atoms with Gasteiger partial charge in [-0.1, -0.05) is 12.8 Å². The van der Waals surface area contributed by atoms with Crippen LogP contribution in [-0.4, -0.2) is 40.4 Å². The van der Waals surface area contributed by atoms with E-state index in [0.29, 0.717) is 18.1 Å². The largest absolute Gasteiger partial charge is 0.349 e. The molecule has 2 N–H and O–H groups in total. The van der Waals surface area contributed by atoms with Crippen molar-refractivity contribution in [3.63, 3.8) is 0 Å². The van der Waals surface area contributed by atoms with Gasteiger partial charge in [-0.25, -0.2) is 4.98 Å². The molecule has 1 aromatic rings. The Hall–Kier alpha value is -1.69. The Morgan fingerprint density at radius 3 is 3.05 bits per heavy atom. The number of rotatable bonds is 3. The van der Waals surface area contributed by atoms with E-state index in [2.05, 4.69) is 20.2 Å². The molecule has 6 heteroatoms. The van der Waals surface area contributed by atoms with E-state index in [1.54, 1.807) is 6.92 Å². The van der Waals surface area contributed by atoms with Gasteiger partial charge >= 0.3 is 0 Å². The monoisotopic (exact) mass is 278 g/mol. The molecule has 0 radical (unpaired) electrons. The minimum Gasteiger partial charge on any atom is -0.349 e. The van der Waals surface area contributed by atoms with E-state index in [-0.39, 0.29) is 17.5 Å². The number of aromatic nitrogens is 2. The minimum absolute atomic E-state index is 0.0223. The maximum atomic E-state index is 12.2. The number of carbonyl (C=O) groups is 1. The lowest BCUT2D eigenvalue weighted by atomic mass is 10.1. The van der Waals surface area contributed by atoms with Crippen LogP contribution in [0.2, 0.25) is 0 Å². The van der Waals surface area contributed by atoms with Gasteiger partial charge in [0.15, 0.2) is 0 Å². The van der Waals surface area contributed by atoms with Crippen LogP contribution in [0.15, 0.2) is 10.9 Å². The molecule has 0 spiro atoms. The average molecular weight is 278 g/mol. The third-order valence-corrected chi connectivity index (χ3v) is 3.68. The SMILES string of the molecule is Cc1nc(CNC(=O)[C@@H]2CCCCCN2C)cc(=O)[nH]1. The Morgan fingerprint density at radius 2 is 2.30 bits per heavy atom. The van der Waals surface area contributed by atoms with Crippen molar-refractivity contribution in [2.45, 2.75) is 45.2 Å². The summed E-state index contributed by atoms with van der Waals surface area (Å²) in [5, 5.41) is 2.89. The summed E-state index contributed by atoms with van der Waals surface area (Å²) < 4.78 is 0. The highest BCUT2D eigenvalue weighted by Crippen LogP contribution is 2.15. The molecule has 0 saturated carbocycles. The van der Waals surface area contributed by atoms with Crippen LogP contribution in [0.25, 0.3) is 0 Å². The number of hydrogen-bond donors (Lipinski definition) is 2. The number of aryl methyl sites for hydroxylation is 1. The van der Waals surface area contributed by atoms with Crippen LogP contribution in [-0.2, 0) is 11.3 Å². The fraction of sp³-hybridized carbons (Fsp3) is 0.643. The van der Waals surface area contributed by atoms with Crippen LogP contribution in [0.4, 0.5) is 0 Å². The molecule has 6 nitrogen and oxygen atoms in total. The van der Waals surface area contributed by atoms with Gasteiger partial charge in [0.1, 0.15) is 5.82 Å². The van der Waals surface area contributed by atoms with Gasteiger partial charge in [0.05, 0.1) is 18.3 Å². The number of hydrogen-bond acceptors (Lipinski definition) is 4. The number of aromatic amines is 1.